The van der Waals surface area contributed by atoms with Gasteiger partial charge < -0.3 is 5.32 Å². The number of hydrogen-bond donors (Lipinski definition) is 1. The molecule has 0 aliphatic carbocycles. The molecule has 0 atom stereocenters. The maximum Gasteiger partial charge on any atom is 0.253 e. The van der Waals surface area contributed by atoms with Gasteiger partial charge in [-0.1, -0.05) is 36.4 Å². The van der Waals surface area contributed by atoms with Gasteiger partial charge in [-0.25, -0.2) is 4.98 Å². The van der Waals surface area contributed by atoms with Gasteiger partial charge in [0, 0.05) is 43.2 Å². The number of pyridine rings is 1. The van der Waals surface area contributed by atoms with Crippen molar-refractivity contribution in [2.24, 2.45) is 0 Å². The number of carbonyl (C=O) groups is 1. The second-order valence-electron chi connectivity index (χ2n) is 5.58. The van der Waals surface area contributed by atoms with Gasteiger partial charge in [-0.2, -0.15) is 0 Å². The fraction of sp³-hybridized carbons (Fsp3) is 0.100. The molecule has 26 heavy (non-hydrogen) atoms. The summed E-state index contributed by atoms with van der Waals surface area (Å²) in [6, 6.07) is 14.7. The van der Waals surface area contributed by atoms with Crippen LogP contribution in [-0.4, -0.2) is 27.0 Å². The zero-order valence-corrected chi connectivity index (χ0v) is 14.1. The third-order valence-electron chi connectivity index (χ3n) is 3.71. The molecule has 2 heterocycles. The molecule has 130 valence electrons. The molecule has 3 rings (SSSR count). The van der Waals surface area contributed by atoms with Crippen LogP contribution in [-0.2, 0) is 11.3 Å². The second-order valence-corrected chi connectivity index (χ2v) is 5.58. The lowest BCUT2D eigenvalue weighted by atomic mass is 10.1. The minimum absolute atomic E-state index is 0.154. The lowest BCUT2D eigenvalue weighted by Crippen LogP contribution is -2.29. The van der Waals surface area contributed by atoms with Gasteiger partial charge in [0.25, 0.3) is 5.56 Å². The van der Waals surface area contributed by atoms with Crippen LogP contribution in [0.25, 0.3) is 17.3 Å². The molecular weight excluding hydrogens is 328 g/mol. The summed E-state index contributed by atoms with van der Waals surface area (Å²) in [5.41, 5.74) is 2.22. The molecule has 1 N–H and O–H groups in total. The third kappa shape index (κ3) is 4.73. The van der Waals surface area contributed by atoms with Gasteiger partial charge >= 0.3 is 0 Å². The minimum atomic E-state index is -0.226. The fourth-order valence-electron chi connectivity index (χ4n) is 2.37. The number of benzene rings is 1. The topological polar surface area (TPSA) is 76.9 Å². The number of aromatic nitrogens is 3. The van der Waals surface area contributed by atoms with Crippen molar-refractivity contribution >= 4 is 12.0 Å². The zero-order valence-electron chi connectivity index (χ0n) is 14.1. The number of rotatable bonds is 6. The van der Waals surface area contributed by atoms with Crippen LogP contribution in [0.2, 0.25) is 0 Å². The van der Waals surface area contributed by atoms with Crippen LogP contribution in [0.4, 0.5) is 0 Å². The monoisotopic (exact) mass is 346 g/mol. The van der Waals surface area contributed by atoms with Crippen LogP contribution < -0.4 is 10.9 Å². The predicted octanol–water partition coefficient (Wildman–Crippen LogP) is 2.13. The summed E-state index contributed by atoms with van der Waals surface area (Å²) in [4.78, 5) is 32.3. The Bertz CT molecular complexity index is 950. The molecule has 6 nitrogen and oxygen atoms in total. The van der Waals surface area contributed by atoms with Gasteiger partial charge in [-0.3, -0.25) is 19.1 Å². The molecule has 0 spiro atoms. The summed E-state index contributed by atoms with van der Waals surface area (Å²) >= 11 is 0. The highest BCUT2D eigenvalue weighted by Gasteiger charge is 2.03. The first kappa shape index (κ1) is 17.3. The van der Waals surface area contributed by atoms with Crippen molar-refractivity contribution < 1.29 is 4.79 Å². The van der Waals surface area contributed by atoms with Gasteiger partial charge in [-0.15, -0.1) is 0 Å². The Kier molecular flexibility index (Phi) is 5.67. The van der Waals surface area contributed by atoms with E-state index in [-0.39, 0.29) is 11.5 Å². The molecule has 2 aromatic heterocycles. The summed E-state index contributed by atoms with van der Waals surface area (Å²) in [5.74, 6) is -0.226. The molecule has 6 heteroatoms. The number of carbonyl (C=O) groups excluding carboxylic acids is 1. The van der Waals surface area contributed by atoms with E-state index in [1.165, 1.54) is 23.0 Å². The van der Waals surface area contributed by atoms with Gasteiger partial charge in [0.1, 0.15) is 0 Å². The Balaban J connectivity index is 1.54. The van der Waals surface area contributed by atoms with Crippen molar-refractivity contribution in [3.05, 3.63) is 89.2 Å². The standard InChI is InChI=1S/C20H18N4O2/c25-19(9-8-16-5-4-10-21-14-16)22-11-12-24-15-23-18(13-20(24)26)17-6-2-1-3-7-17/h1-10,13-15H,11-12H2,(H,22,25)/b9-8+. The molecule has 0 radical (unpaired) electrons. The Labute approximate surface area is 150 Å². The van der Waals surface area contributed by atoms with Crippen molar-refractivity contribution in [3.8, 4) is 11.3 Å². The summed E-state index contributed by atoms with van der Waals surface area (Å²) in [6.07, 6.45) is 7.97. The smallest absolute Gasteiger partial charge is 0.253 e. The van der Waals surface area contributed by atoms with E-state index in [0.717, 1.165) is 11.1 Å². The predicted molar refractivity (Wildman–Crippen MR) is 100 cm³/mol. The molecule has 0 saturated carbocycles. The Morgan fingerprint density at radius 1 is 1.15 bits per heavy atom. The quantitative estimate of drug-likeness (QED) is 0.694. The van der Waals surface area contributed by atoms with Crippen LogP contribution in [0.3, 0.4) is 0 Å². The highest BCUT2D eigenvalue weighted by molar-refractivity contribution is 5.91. The van der Waals surface area contributed by atoms with Gasteiger partial charge in [0.05, 0.1) is 12.0 Å². The van der Waals surface area contributed by atoms with Crippen LogP contribution in [0.15, 0.2) is 78.1 Å². The highest BCUT2D eigenvalue weighted by Crippen LogP contribution is 2.13. The van der Waals surface area contributed by atoms with Crippen molar-refractivity contribution in [1.82, 2.24) is 19.9 Å². The molecule has 0 unspecified atom stereocenters. The molecule has 0 bridgehead atoms. The largest absolute Gasteiger partial charge is 0.351 e. The van der Waals surface area contributed by atoms with Gasteiger partial charge in [-0.05, 0) is 17.7 Å². The first-order valence-electron chi connectivity index (χ1n) is 8.20. The highest BCUT2D eigenvalue weighted by atomic mass is 16.1. The summed E-state index contributed by atoms with van der Waals surface area (Å²) in [5, 5.41) is 2.74. The Morgan fingerprint density at radius 3 is 2.73 bits per heavy atom. The molecule has 0 aliphatic heterocycles. The van der Waals surface area contributed by atoms with E-state index in [0.29, 0.717) is 18.8 Å². The molecule has 1 amide bonds. The average Bonchev–Trinajstić information content (AvgIpc) is 2.69. The Hall–Kier alpha value is -3.54. The second kappa shape index (κ2) is 8.53. The van der Waals surface area contributed by atoms with Crippen LogP contribution >= 0.6 is 0 Å². The fourth-order valence-corrected chi connectivity index (χ4v) is 2.37. The lowest BCUT2D eigenvalue weighted by Gasteiger charge is -2.07. The van der Waals surface area contributed by atoms with Crippen molar-refractivity contribution in [2.45, 2.75) is 6.54 Å². The zero-order chi connectivity index (χ0) is 18.2. The van der Waals surface area contributed by atoms with E-state index in [4.69, 9.17) is 0 Å². The molecule has 3 aromatic rings. The summed E-state index contributed by atoms with van der Waals surface area (Å²) in [6.45, 7) is 0.690. The van der Waals surface area contributed by atoms with Crippen LogP contribution in [0, 0.1) is 0 Å². The molecular formula is C20H18N4O2. The Morgan fingerprint density at radius 2 is 2.00 bits per heavy atom. The third-order valence-corrected chi connectivity index (χ3v) is 3.71. The first-order valence-corrected chi connectivity index (χ1v) is 8.20. The SMILES string of the molecule is O=C(/C=C/c1cccnc1)NCCn1cnc(-c2ccccc2)cc1=O. The van der Waals surface area contributed by atoms with Gasteiger partial charge in [0.2, 0.25) is 5.91 Å². The number of hydrogen-bond acceptors (Lipinski definition) is 4. The average molecular weight is 346 g/mol. The van der Waals surface area contributed by atoms with Crippen LogP contribution in [0.1, 0.15) is 5.56 Å². The summed E-state index contributed by atoms with van der Waals surface area (Å²) < 4.78 is 1.47. The van der Waals surface area contributed by atoms with E-state index in [2.05, 4.69) is 15.3 Å². The molecule has 0 saturated heterocycles. The van der Waals surface area contributed by atoms with Crippen LogP contribution in [0.5, 0.6) is 0 Å². The molecule has 0 aliphatic rings. The summed E-state index contributed by atoms with van der Waals surface area (Å²) in [7, 11) is 0. The van der Waals surface area contributed by atoms with E-state index < -0.39 is 0 Å². The van der Waals surface area contributed by atoms with Gasteiger partial charge in [0.15, 0.2) is 0 Å². The number of amides is 1. The van der Waals surface area contributed by atoms with Crippen molar-refractivity contribution in [3.63, 3.8) is 0 Å². The maximum atomic E-state index is 12.2. The van der Waals surface area contributed by atoms with E-state index >= 15 is 0 Å². The van der Waals surface area contributed by atoms with Crippen molar-refractivity contribution in [2.75, 3.05) is 6.54 Å². The van der Waals surface area contributed by atoms with E-state index in [9.17, 15) is 9.59 Å². The van der Waals surface area contributed by atoms with Crippen molar-refractivity contribution in [1.29, 1.82) is 0 Å². The molecule has 0 fully saturated rings. The maximum absolute atomic E-state index is 12.2. The normalized spacial score (nSPS) is 10.8. The minimum Gasteiger partial charge on any atom is -0.351 e. The van der Waals surface area contributed by atoms with E-state index in [1.807, 2.05) is 36.4 Å². The number of nitrogens with zero attached hydrogens (tertiary/aromatic N) is 3. The molecule has 1 aromatic carbocycles. The lowest BCUT2D eigenvalue weighted by molar-refractivity contribution is -0.116. The first-order chi connectivity index (χ1) is 12.7. The van der Waals surface area contributed by atoms with E-state index in [1.54, 1.807) is 24.5 Å². The number of nitrogens with one attached hydrogen (secondary N) is 1.